The maximum atomic E-state index is 11.6. The number of aromatic nitrogens is 2. The van der Waals surface area contributed by atoms with E-state index in [4.69, 9.17) is 0 Å². The Balaban J connectivity index is 1.87. The molecule has 1 aliphatic rings. The Morgan fingerprint density at radius 1 is 1.62 bits per heavy atom. The van der Waals surface area contributed by atoms with Crippen LogP contribution in [0.5, 0.6) is 0 Å². The van der Waals surface area contributed by atoms with Crippen molar-refractivity contribution in [2.24, 2.45) is 12.1 Å². The molecular formula is C12H14N6O3. The number of amides is 1. The first-order valence-corrected chi connectivity index (χ1v) is 6.13. The van der Waals surface area contributed by atoms with E-state index in [2.05, 4.69) is 15.5 Å². The van der Waals surface area contributed by atoms with E-state index in [1.54, 1.807) is 0 Å². The summed E-state index contributed by atoms with van der Waals surface area (Å²) in [4.78, 5) is 27.1. The molecule has 0 saturated carbocycles. The van der Waals surface area contributed by atoms with Gasteiger partial charge < -0.3 is 15.0 Å². The minimum absolute atomic E-state index is 0.184. The zero-order valence-corrected chi connectivity index (χ0v) is 11.3. The lowest BCUT2D eigenvalue weighted by atomic mass is 10.3. The van der Waals surface area contributed by atoms with Crippen LogP contribution >= 0.6 is 0 Å². The highest BCUT2D eigenvalue weighted by molar-refractivity contribution is 5.82. The van der Waals surface area contributed by atoms with E-state index in [0.717, 1.165) is 0 Å². The maximum Gasteiger partial charge on any atom is 0.434 e. The first kappa shape index (κ1) is 14.4. The first-order chi connectivity index (χ1) is 10.1. The van der Waals surface area contributed by atoms with Gasteiger partial charge in [-0.3, -0.25) is 4.79 Å². The van der Waals surface area contributed by atoms with Crippen LogP contribution in [-0.2, 0) is 11.8 Å². The van der Waals surface area contributed by atoms with Crippen molar-refractivity contribution in [2.45, 2.75) is 0 Å². The number of carbonyl (C=O) groups is 1. The lowest BCUT2D eigenvalue weighted by Gasteiger charge is -2.18. The molecule has 0 atom stereocenters. The number of hydrogen-bond acceptors (Lipinski definition) is 6. The van der Waals surface area contributed by atoms with Gasteiger partial charge in [0.2, 0.25) is 0 Å². The van der Waals surface area contributed by atoms with Crippen LogP contribution in [0, 0.1) is 10.1 Å². The van der Waals surface area contributed by atoms with Crippen LogP contribution in [-0.4, -0.2) is 44.6 Å². The molecule has 1 aromatic rings. The third kappa shape index (κ3) is 3.75. The molecule has 2 heterocycles. The molecule has 1 aliphatic heterocycles. The largest absolute Gasteiger partial charge is 0.434 e. The fourth-order valence-electron chi connectivity index (χ4n) is 1.72. The van der Waals surface area contributed by atoms with Gasteiger partial charge in [0, 0.05) is 6.54 Å². The van der Waals surface area contributed by atoms with E-state index in [1.807, 2.05) is 29.3 Å². The van der Waals surface area contributed by atoms with E-state index in [9.17, 15) is 14.9 Å². The standard InChI is InChI=1S/C12H14N6O3/c1-16-10(7-13-12(16)18(20)21)8-14-15-11(19)9-17-5-3-2-4-6-17/h2-5,7-8H,6,9H2,1H3,(H,15,19). The van der Waals surface area contributed by atoms with Crippen LogP contribution in [0.25, 0.3) is 0 Å². The fraction of sp³-hybridized carbons (Fsp3) is 0.250. The average Bonchev–Trinajstić information content (AvgIpc) is 2.81. The van der Waals surface area contributed by atoms with E-state index in [1.165, 1.54) is 24.0 Å². The molecule has 2 rings (SSSR count). The van der Waals surface area contributed by atoms with E-state index >= 15 is 0 Å². The van der Waals surface area contributed by atoms with Crippen molar-refractivity contribution in [3.05, 3.63) is 46.4 Å². The molecule has 110 valence electrons. The van der Waals surface area contributed by atoms with Crippen molar-refractivity contribution in [2.75, 3.05) is 13.1 Å². The van der Waals surface area contributed by atoms with Gasteiger partial charge in [-0.05, 0) is 17.2 Å². The van der Waals surface area contributed by atoms with Crippen LogP contribution in [0.15, 0.2) is 35.7 Å². The summed E-state index contributed by atoms with van der Waals surface area (Å²) in [5.74, 6) is -0.559. The van der Waals surface area contributed by atoms with Gasteiger partial charge in [-0.1, -0.05) is 17.1 Å². The Kier molecular flexibility index (Phi) is 4.44. The highest BCUT2D eigenvalue weighted by atomic mass is 16.6. The van der Waals surface area contributed by atoms with Crippen LogP contribution in [0.4, 0.5) is 5.95 Å². The Labute approximate surface area is 120 Å². The van der Waals surface area contributed by atoms with Gasteiger partial charge in [-0.2, -0.15) is 5.10 Å². The molecule has 0 bridgehead atoms. The molecule has 1 amide bonds. The van der Waals surface area contributed by atoms with Gasteiger partial charge >= 0.3 is 5.95 Å². The number of allylic oxidation sites excluding steroid dienone is 2. The molecule has 9 nitrogen and oxygen atoms in total. The predicted molar refractivity (Wildman–Crippen MR) is 75.5 cm³/mol. The molecule has 0 fully saturated rings. The minimum atomic E-state index is -0.591. The predicted octanol–water partition coefficient (Wildman–Crippen LogP) is 0.164. The molecule has 0 aliphatic carbocycles. The van der Waals surface area contributed by atoms with E-state index in [0.29, 0.717) is 12.2 Å². The fourth-order valence-corrected chi connectivity index (χ4v) is 1.72. The summed E-state index contributed by atoms with van der Waals surface area (Å²) >= 11 is 0. The zero-order chi connectivity index (χ0) is 15.2. The van der Waals surface area contributed by atoms with Crippen LogP contribution in [0.2, 0.25) is 0 Å². The van der Waals surface area contributed by atoms with Crippen molar-refractivity contribution < 1.29 is 9.72 Å². The van der Waals surface area contributed by atoms with Gasteiger partial charge in [0.15, 0.2) is 5.69 Å². The Hall–Kier alpha value is -2.97. The summed E-state index contributed by atoms with van der Waals surface area (Å²) in [7, 11) is 1.50. The topological polar surface area (TPSA) is 106 Å². The summed E-state index contributed by atoms with van der Waals surface area (Å²) in [5, 5.41) is 14.4. The summed E-state index contributed by atoms with van der Waals surface area (Å²) < 4.78 is 1.27. The molecule has 0 unspecified atom stereocenters. The molecule has 0 spiro atoms. The van der Waals surface area contributed by atoms with Crippen molar-refractivity contribution in [3.63, 3.8) is 0 Å². The number of rotatable bonds is 5. The zero-order valence-electron chi connectivity index (χ0n) is 11.3. The third-order valence-corrected chi connectivity index (χ3v) is 2.78. The lowest BCUT2D eigenvalue weighted by Crippen LogP contribution is -2.32. The van der Waals surface area contributed by atoms with Crippen molar-refractivity contribution >= 4 is 18.1 Å². The highest BCUT2D eigenvalue weighted by Gasteiger charge is 2.15. The quantitative estimate of drug-likeness (QED) is 0.472. The number of carbonyl (C=O) groups excluding carboxylic acids is 1. The minimum Gasteiger partial charge on any atom is -0.390 e. The van der Waals surface area contributed by atoms with Crippen LogP contribution < -0.4 is 5.43 Å². The van der Waals surface area contributed by atoms with E-state index in [-0.39, 0.29) is 18.4 Å². The van der Waals surface area contributed by atoms with Gasteiger partial charge in [0.1, 0.15) is 6.20 Å². The van der Waals surface area contributed by atoms with Gasteiger partial charge in [-0.25, -0.2) is 9.99 Å². The van der Waals surface area contributed by atoms with E-state index < -0.39 is 4.92 Å². The van der Waals surface area contributed by atoms with Crippen molar-refractivity contribution in [1.29, 1.82) is 0 Å². The Morgan fingerprint density at radius 3 is 3.05 bits per heavy atom. The number of nitrogens with one attached hydrogen (secondary N) is 1. The third-order valence-electron chi connectivity index (χ3n) is 2.78. The van der Waals surface area contributed by atoms with Gasteiger partial charge in [0.05, 0.1) is 19.8 Å². The monoisotopic (exact) mass is 290 g/mol. The van der Waals surface area contributed by atoms with Crippen LogP contribution in [0.3, 0.4) is 0 Å². The Bertz CT molecular complexity index is 631. The van der Waals surface area contributed by atoms with Crippen LogP contribution in [0.1, 0.15) is 5.69 Å². The van der Waals surface area contributed by atoms with Gasteiger partial charge in [-0.15, -0.1) is 0 Å². The molecule has 1 aromatic heterocycles. The molecule has 0 aromatic carbocycles. The average molecular weight is 290 g/mol. The van der Waals surface area contributed by atoms with Crippen molar-refractivity contribution in [1.82, 2.24) is 19.9 Å². The number of nitro groups is 1. The Morgan fingerprint density at radius 2 is 2.43 bits per heavy atom. The number of hydrazone groups is 1. The number of hydrogen-bond donors (Lipinski definition) is 1. The summed E-state index contributed by atoms with van der Waals surface area (Å²) in [6.07, 6.45) is 10.1. The summed E-state index contributed by atoms with van der Waals surface area (Å²) in [5.41, 5.74) is 2.78. The second kappa shape index (κ2) is 6.46. The summed E-state index contributed by atoms with van der Waals surface area (Å²) in [6.45, 7) is 0.852. The smallest absolute Gasteiger partial charge is 0.390 e. The molecular weight excluding hydrogens is 276 g/mol. The summed E-state index contributed by atoms with van der Waals surface area (Å²) in [6, 6.07) is 0. The lowest BCUT2D eigenvalue weighted by molar-refractivity contribution is -0.396. The first-order valence-electron chi connectivity index (χ1n) is 6.13. The normalized spacial score (nSPS) is 13.9. The molecule has 21 heavy (non-hydrogen) atoms. The molecule has 1 N–H and O–H groups in total. The van der Waals surface area contributed by atoms with Gasteiger partial charge in [0.25, 0.3) is 5.91 Å². The number of imidazole rings is 1. The molecule has 0 radical (unpaired) electrons. The molecule has 0 saturated heterocycles. The second-order valence-corrected chi connectivity index (χ2v) is 4.29. The second-order valence-electron chi connectivity index (χ2n) is 4.29. The maximum absolute atomic E-state index is 11.6. The molecule has 9 heteroatoms. The SMILES string of the molecule is Cn1c(C=NNC(=O)CN2C=CC=CC2)cnc1[N+](=O)[O-]. The number of nitrogens with zero attached hydrogens (tertiary/aromatic N) is 5. The highest BCUT2D eigenvalue weighted by Crippen LogP contribution is 2.08. The van der Waals surface area contributed by atoms with Crippen molar-refractivity contribution in [3.8, 4) is 0 Å².